The van der Waals surface area contributed by atoms with E-state index in [-0.39, 0.29) is 5.82 Å². The zero-order valence-corrected chi connectivity index (χ0v) is 12.0. The van der Waals surface area contributed by atoms with Gasteiger partial charge in [-0.05, 0) is 35.2 Å². The minimum Gasteiger partial charge on any atom is -0.398 e. The third-order valence-electron chi connectivity index (χ3n) is 3.01. The van der Waals surface area contributed by atoms with Crippen molar-refractivity contribution in [2.24, 2.45) is 0 Å². The fourth-order valence-electron chi connectivity index (χ4n) is 1.81. The molecule has 0 aliphatic carbocycles. The zero-order chi connectivity index (χ0) is 13.8. The fourth-order valence-corrected chi connectivity index (χ4v) is 2.72. The predicted octanol–water partition coefficient (Wildman–Crippen LogP) is 4.82. The van der Waals surface area contributed by atoms with Crippen molar-refractivity contribution in [2.75, 3.05) is 5.73 Å². The van der Waals surface area contributed by atoms with Gasteiger partial charge in [0.05, 0.1) is 0 Å². The van der Waals surface area contributed by atoms with Crippen LogP contribution in [0.5, 0.6) is 0 Å². The molecule has 0 spiro atoms. The largest absolute Gasteiger partial charge is 0.398 e. The van der Waals surface area contributed by atoms with E-state index in [0.717, 1.165) is 10.6 Å². The number of anilines is 1. The van der Waals surface area contributed by atoms with Gasteiger partial charge in [0, 0.05) is 16.3 Å². The Labute approximate surface area is 118 Å². The molecule has 1 nitrogen and oxygen atoms in total. The minimum absolute atomic E-state index is 0.289. The van der Waals surface area contributed by atoms with Gasteiger partial charge in [0.2, 0.25) is 0 Å². The average molecular weight is 275 g/mol. The van der Waals surface area contributed by atoms with Gasteiger partial charge in [-0.1, -0.05) is 38.1 Å². The second kappa shape index (κ2) is 6.11. The molecule has 0 bridgehead atoms. The van der Waals surface area contributed by atoms with Gasteiger partial charge in [0.15, 0.2) is 0 Å². The third kappa shape index (κ3) is 3.74. The molecule has 2 aromatic carbocycles. The maximum absolute atomic E-state index is 12.9. The molecule has 0 unspecified atom stereocenters. The smallest absolute Gasteiger partial charge is 0.125 e. The SMILES string of the molecule is CC(C)c1ccc(CSc2ccc(F)cc2N)cc1. The van der Waals surface area contributed by atoms with Crippen LogP contribution in [0.1, 0.15) is 30.9 Å². The Kier molecular flexibility index (Phi) is 4.48. The molecule has 100 valence electrons. The summed E-state index contributed by atoms with van der Waals surface area (Å²) < 4.78 is 12.9. The van der Waals surface area contributed by atoms with Crippen molar-refractivity contribution < 1.29 is 4.39 Å². The van der Waals surface area contributed by atoms with Gasteiger partial charge in [-0.3, -0.25) is 0 Å². The summed E-state index contributed by atoms with van der Waals surface area (Å²) in [6.45, 7) is 4.37. The molecule has 0 aliphatic heterocycles. The van der Waals surface area contributed by atoms with Gasteiger partial charge >= 0.3 is 0 Å². The number of rotatable bonds is 4. The summed E-state index contributed by atoms with van der Waals surface area (Å²) in [5.74, 6) is 1.10. The summed E-state index contributed by atoms with van der Waals surface area (Å²) in [5.41, 5.74) is 8.88. The number of benzene rings is 2. The molecule has 3 heteroatoms. The first-order chi connectivity index (χ1) is 9.06. The van der Waals surface area contributed by atoms with Crippen molar-refractivity contribution in [1.29, 1.82) is 0 Å². The maximum Gasteiger partial charge on any atom is 0.125 e. The van der Waals surface area contributed by atoms with Crippen LogP contribution in [-0.4, -0.2) is 0 Å². The molecule has 0 atom stereocenters. The second-order valence-corrected chi connectivity index (χ2v) is 5.88. The Balaban J connectivity index is 2.02. The molecule has 2 rings (SSSR count). The average Bonchev–Trinajstić information content (AvgIpc) is 2.38. The molecule has 0 radical (unpaired) electrons. The topological polar surface area (TPSA) is 26.0 Å². The van der Waals surface area contributed by atoms with Crippen molar-refractivity contribution >= 4 is 17.4 Å². The van der Waals surface area contributed by atoms with Crippen LogP contribution in [0.2, 0.25) is 0 Å². The molecule has 0 aliphatic rings. The van der Waals surface area contributed by atoms with Crippen LogP contribution in [0.3, 0.4) is 0 Å². The number of halogens is 1. The minimum atomic E-state index is -0.289. The first-order valence-electron chi connectivity index (χ1n) is 6.33. The fraction of sp³-hybridized carbons (Fsp3) is 0.250. The highest BCUT2D eigenvalue weighted by atomic mass is 32.2. The standard InChI is InChI=1S/C16H18FNS/c1-11(2)13-5-3-12(4-6-13)10-19-16-8-7-14(17)9-15(16)18/h3-9,11H,10,18H2,1-2H3. The molecular weight excluding hydrogens is 257 g/mol. The molecular formula is C16H18FNS. The molecule has 2 N–H and O–H groups in total. The van der Waals surface area contributed by atoms with E-state index in [0.29, 0.717) is 11.6 Å². The molecule has 0 amide bonds. The third-order valence-corrected chi connectivity index (χ3v) is 4.17. The Morgan fingerprint density at radius 3 is 2.37 bits per heavy atom. The first-order valence-corrected chi connectivity index (χ1v) is 7.31. The van der Waals surface area contributed by atoms with E-state index >= 15 is 0 Å². The van der Waals surface area contributed by atoms with Crippen molar-refractivity contribution in [2.45, 2.75) is 30.4 Å². The van der Waals surface area contributed by atoms with Gasteiger partial charge in [-0.2, -0.15) is 0 Å². The van der Waals surface area contributed by atoms with Crippen molar-refractivity contribution in [3.63, 3.8) is 0 Å². The lowest BCUT2D eigenvalue weighted by Crippen LogP contribution is -1.91. The van der Waals surface area contributed by atoms with Crippen LogP contribution in [0.25, 0.3) is 0 Å². The zero-order valence-electron chi connectivity index (χ0n) is 11.2. The Bertz CT molecular complexity index is 549. The van der Waals surface area contributed by atoms with E-state index in [1.165, 1.54) is 23.3 Å². The highest BCUT2D eigenvalue weighted by Crippen LogP contribution is 2.29. The molecule has 2 aromatic rings. The summed E-state index contributed by atoms with van der Waals surface area (Å²) in [6, 6.07) is 13.1. The summed E-state index contributed by atoms with van der Waals surface area (Å²) >= 11 is 1.63. The van der Waals surface area contributed by atoms with Gasteiger partial charge in [-0.15, -0.1) is 11.8 Å². The predicted molar refractivity (Wildman–Crippen MR) is 80.9 cm³/mol. The van der Waals surface area contributed by atoms with E-state index in [1.54, 1.807) is 17.8 Å². The summed E-state index contributed by atoms with van der Waals surface area (Å²) in [5, 5.41) is 0. The monoisotopic (exact) mass is 275 g/mol. The van der Waals surface area contributed by atoms with Crippen LogP contribution in [0.15, 0.2) is 47.4 Å². The van der Waals surface area contributed by atoms with Gasteiger partial charge in [0.25, 0.3) is 0 Å². The molecule has 0 heterocycles. The number of thioether (sulfide) groups is 1. The second-order valence-electron chi connectivity index (χ2n) is 4.87. The number of nitrogens with two attached hydrogens (primary N) is 1. The highest BCUT2D eigenvalue weighted by molar-refractivity contribution is 7.98. The van der Waals surface area contributed by atoms with Gasteiger partial charge in [0.1, 0.15) is 5.82 Å². The lowest BCUT2D eigenvalue weighted by Gasteiger charge is -2.08. The molecule has 0 saturated heterocycles. The number of hydrogen-bond donors (Lipinski definition) is 1. The van der Waals surface area contributed by atoms with Crippen molar-refractivity contribution in [3.05, 3.63) is 59.4 Å². The van der Waals surface area contributed by atoms with Crippen LogP contribution < -0.4 is 5.73 Å². The molecule has 0 aromatic heterocycles. The van der Waals surface area contributed by atoms with Crippen molar-refractivity contribution in [3.8, 4) is 0 Å². The summed E-state index contributed by atoms with van der Waals surface area (Å²) in [6.07, 6.45) is 0. The summed E-state index contributed by atoms with van der Waals surface area (Å²) in [7, 11) is 0. The van der Waals surface area contributed by atoms with Crippen LogP contribution >= 0.6 is 11.8 Å². The van der Waals surface area contributed by atoms with Crippen LogP contribution in [-0.2, 0) is 5.75 Å². The number of hydrogen-bond acceptors (Lipinski definition) is 2. The van der Waals surface area contributed by atoms with Crippen LogP contribution in [0, 0.1) is 5.82 Å². The highest BCUT2D eigenvalue weighted by Gasteiger charge is 2.03. The number of nitrogen functional groups attached to an aromatic ring is 1. The van der Waals surface area contributed by atoms with Crippen LogP contribution in [0.4, 0.5) is 10.1 Å². The Morgan fingerprint density at radius 1 is 1.11 bits per heavy atom. The lowest BCUT2D eigenvalue weighted by molar-refractivity contribution is 0.627. The molecule has 19 heavy (non-hydrogen) atoms. The molecule has 0 saturated carbocycles. The molecule has 0 fully saturated rings. The first kappa shape index (κ1) is 13.9. The van der Waals surface area contributed by atoms with E-state index in [4.69, 9.17) is 5.73 Å². The Hall–Kier alpha value is -1.48. The van der Waals surface area contributed by atoms with E-state index in [1.807, 2.05) is 0 Å². The van der Waals surface area contributed by atoms with E-state index in [2.05, 4.69) is 38.1 Å². The normalized spacial score (nSPS) is 10.9. The van der Waals surface area contributed by atoms with E-state index in [9.17, 15) is 4.39 Å². The van der Waals surface area contributed by atoms with Gasteiger partial charge in [-0.25, -0.2) is 4.39 Å². The van der Waals surface area contributed by atoms with E-state index < -0.39 is 0 Å². The van der Waals surface area contributed by atoms with Gasteiger partial charge < -0.3 is 5.73 Å². The Morgan fingerprint density at radius 2 is 1.79 bits per heavy atom. The summed E-state index contributed by atoms with van der Waals surface area (Å²) in [4.78, 5) is 0.925. The lowest BCUT2D eigenvalue weighted by atomic mass is 10.0. The maximum atomic E-state index is 12.9. The van der Waals surface area contributed by atoms with Crippen molar-refractivity contribution in [1.82, 2.24) is 0 Å². The quantitative estimate of drug-likeness (QED) is 0.639.